The maximum atomic E-state index is 12.0. The lowest BCUT2D eigenvalue weighted by Crippen LogP contribution is -2.16. The minimum Gasteiger partial charge on any atom is -0.345 e. The lowest BCUT2D eigenvalue weighted by Gasteiger charge is -2.09. The van der Waals surface area contributed by atoms with E-state index >= 15 is 0 Å². The number of aromatic nitrogens is 4. The molecule has 0 spiro atoms. The van der Waals surface area contributed by atoms with Crippen molar-refractivity contribution >= 4 is 17.5 Å². The Hall–Kier alpha value is -4.00. The van der Waals surface area contributed by atoms with Gasteiger partial charge in [-0.25, -0.2) is 4.68 Å². The number of aryl methyl sites for hydroxylation is 3. The molecule has 7 nitrogen and oxygen atoms in total. The molecule has 1 atom stereocenters. The third-order valence-corrected chi connectivity index (χ3v) is 6.05. The molecule has 1 unspecified atom stereocenters. The SMILES string of the molecule is CCn1nc(-c2ccc(-c3ccc(C)nc3)cc2C)nc1Nc1ccc2c(c1)C(C)NC2=O. The molecule has 2 N–H and O–H groups in total. The van der Waals surface area contributed by atoms with E-state index < -0.39 is 0 Å². The monoisotopic (exact) mass is 438 g/mol. The van der Waals surface area contributed by atoms with Gasteiger partial charge in [-0.3, -0.25) is 9.78 Å². The number of fused-ring (bicyclic) bond motifs is 1. The Balaban J connectivity index is 1.44. The molecule has 0 saturated carbocycles. The molecule has 1 aliphatic heterocycles. The van der Waals surface area contributed by atoms with Crippen molar-refractivity contribution in [1.29, 1.82) is 0 Å². The van der Waals surface area contributed by atoms with Crippen LogP contribution in [0.15, 0.2) is 54.7 Å². The highest BCUT2D eigenvalue weighted by Gasteiger charge is 2.25. The summed E-state index contributed by atoms with van der Waals surface area (Å²) in [7, 11) is 0. The molecule has 1 aliphatic rings. The Morgan fingerprint density at radius 2 is 1.82 bits per heavy atom. The number of hydrogen-bond acceptors (Lipinski definition) is 5. The average Bonchev–Trinajstić information content (AvgIpc) is 3.34. The van der Waals surface area contributed by atoms with Crippen molar-refractivity contribution in [3.05, 3.63) is 77.1 Å². The first-order valence-corrected chi connectivity index (χ1v) is 11.1. The van der Waals surface area contributed by atoms with Gasteiger partial charge >= 0.3 is 0 Å². The van der Waals surface area contributed by atoms with E-state index in [0.29, 0.717) is 18.3 Å². The third kappa shape index (κ3) is 3.86. The Labute approximate surface area is 192 Å². The molecule has 33 heavy (non-hydrogen) atoms. The fourth-order valence-corrected chi connectivity index (χ4v) is 4.19. The Kier molecular flexibility index (Phi) is 5.17. The summed E-state index contributed by atoms with van der Waals surface area (Å²) in [4.78, 5) is 21.2. The highest BCUT2D eigenvalue weighted by Crippen LogP contribution is 2.31. The van der Waals surface area contributed by atoms with E-state index in [1.165, 1.54) is 0 Å². The van der Waals surface area contributed by atoms with E-state index in [2.05, 4.69) is 46.8 Å². The number of anilines is 2. The number of hydrogen-bond donors (Lipinski definition) is 2. The largest absolute Gasteiger partial charge is 0.345 e. The van der Waals surface area contributed by atoms with Gasteiger partial charge in [0.15, 0.2) is 5.82 Å². The Morgan fingerprint density at radius 3 is 2.55 bits per heavy atom. The second kappa shape index (κ2) is 8.16. The summed E-state index contributed by atoms with van der Waals surface area (Å²) < 4.78 is 1.85. The van der Waals surface area contributed by atoms with Crippen molar-refractivity contribution in [3.8, 4) is 22.5 Å². The van der Waals surface area contributed by atoms with Crippen LogP contribution < -0.4 is 10.6 Å². The second-order valence-electron chi connectivity index (χ2n) is 8.41. The number of benzene rings is 2. The molecule has 166 valence electrons. The van der Waals surface area contributed by atoms with Gasteiger partial charge in [-0.2, -0.15) is 4.98 Å². The Morgan fingerprint density at radius 1 is 1.03 bits per heavy atom. The van der Waals surface area contributed by atoms with Gasteiger partial charge in [0.1, 0.15) is 0 Å². The molecule has 1 amide bonds. The van der Waals surface area contributed by atoms with Crippen LogP contribution in [0.2, 0.25) is 0 Å². The number of carbonyl (C=O) groups is 1. The standard InChI is InChI=1S/C26H26N6O/c1-5-32-26(29-20-9-11-22-23(13-20)17(4)28-25(22)33)30-24(31-32)21-10-8-18(12-15(21)2)19-7-6-16(3)27-14-19/h6-14,17H,5H2,1-4H3,(H,28,33)(H,29,30,31). The lowest BCUT2D eigenvalue weighted by molar-refractivity contribution is 0.0958. The normalized spacial score (nSPS) is 14.8. The van der Waals surface area contributed by atoms with E-state index in [1.54, 1.807) is 0 Å². The van der Waals surface area contributed by atoms with Gasteiger partial charge in [0, 0.05) is 40.8 Å². The molecule has 0 aliphatic carbocycles. The number of nitrogens with one attached hydrogen (secondary N) is 2. The first kappa shape index (κ1) is 20.9. The van der Waals surface area contributed by atoms with Gasteiger partial charge in [-0.15, -0.1) is 5.10 Å². The van der Waals surface area contributed by atoms with Crippen LogP contribution in [0.5, 0.6) is 0 Å². The maximum absolute atomic E-state index is 12.0. The summed E-state index contributed by atoms with van der Waals surface area (Å²) in [6.45, 7) is 8.77. The van der Waals surface area contributed by atoms with Crippen LogP contribution in [0.25, 0.3) is 22.5 Å². The predicted octanol–water partition coefficient (Wildman–Crippen LogP) is 5.19. The van der Waals surface area contributed by atoms with Crippen molar-refractivity contribution in [2.45, 2.75) is 40.3 Å². The zero-order chi connectivity index (χ0) is 23.1. The van der Waals surface area contributed by atoms with Gasteiger partial charge in [-0.1, -0.05) is 24.3 Å². The number of rotatable bonds is 5. The average molecular weight is 439 g/mol. The van der Waals surface area contributed by atoms with Crippen LogP contribution in [0.1, 0.15) is 47.1 Å². The van der Waals surface area contributed by atoms with Crippen LogP contribution in [-0.4, -0.2) is 25.7 Å². The molecular weight excluding hydrogens is 412 g/mol. The third-order valence-electron chi connectivity index (χ3n) is 6.05. The molecule has 3 heterocycles. The first-order valence-electron chi connectivity index (χ1n) is 11.1. The molecule has 5 rings (SSSR count). The van der Waals surface area contributed by atoms with Gasteiger partial charge in [-0.05, 0) is 68.7 Å². The molecule has 0 fully saturated rings. The number of pyridine rings is 1. The van der Waals surface area contributed by atoms with Crippen molar-refractivity contribution in [3.63, 3.8) is 0 Å². The van der Waals surface area contributed by atoms with Crippen molar-refractivity contribution in [2.75, 3.05) is 5.32 Å². The van der Waals surface area contributed by atoms with Gasteiger partial charge < -0.3 is 10.6 Å². The summed E-state index contributed by atoms with van der Waals surface area (Å²) in [5.74, 6) is 1.32. The summed E-state index contributed by atoms with van der Waals surface area (Å²) in [5, 5.41) is 11.1. The van der Waals surface area contributed by atoms with Crippen LogP contribution in [0, 0.1) is 13.8 Å². The zero-order valence-corrected chi connectivity index (χ0v) is 19.2. The van der Waals surface area contributed by atoms with Crippen LogP contribution in [-0.2, 0) is 6.54 Å². The number of nitrogens with zero attached hydrogens (tertiary/aromatic N) is 4. The van der Waals surface area contributed by atoms with E-state index in [0.717, 1.165) is 44.8 Å². The van der Waals surface area contributed by atoms with Crippen molar-refractivity contribution in [1.82, 2.24) is 25.1 Å². The van der Waals surface area contributed by atoms with E-state index in [1.807, 2.05) is 55.9 Å². The highest BCUT2D eigenvalue weighted by molar-refractivity contribution is 5.99. The topological polar surface area (TPSA) is 84.7 Å². The minimum absolute atomic E-state index is 0.00116. The van der Waals surface area contributed by atoms with Crippen LogP contribution >= 0.6 is 0 Å². The maximum Gasteiger partial charge on any atom is 0.252 e. The molecule has 2 aromatic carbocycles. The second-order valence-corrected chi connectivity index (χ2v) is 8.41. The highest BCUT2D eigenvalue weighted by atomic mass is 16.2. The molecule has 0 radical (unpaired) electrons. The van der Waals surface area contributed by atoms with Crippen molar-refractivity contribution in [2.24, 2.45) is 0 Å². The quantitative estimate of drug-likeness (QED) is 0.448. The molecule has 0 bridgehead atoms. The first-order chi connectivity index (χ1) is 15.9. The lowest BCUT2D eigenvalue weighted by atomic mass is 10.0. The minimum atomic E-state index is -0.0246. The van der Waals surface area contributed by atoms with E-state index in [-0.39, 0.29) is 11.9 Å². The van der Waals surface area contributed by atoms with E-state index in [9.17, 15) is 4.79 Å². The molecular formula is C26H26N6O. The van der Waals surface area contributed by atoms with E-state index in [4.69, 9.17) is 10.1 Å². The molecule has 7 heteroatoms. The summed E-state index contributed by atoms with van der Waals surface area (Å²) >= 11 is 0. The Bertz CT molecular complexity index is 1360. The summed E-state index contributed by atoms with van der Waals surface area (Å²) in [6, 6.07) is 16.2. The van der Waals surface area contributed by atoms with Crippen LogP contribution in [0.3, 0.4) is 0 Å². The summed E-state index contributed by atoms with van der Waals surface area (Å²) in [5.41, 5.74) is 7.90. The number of carbonyl (C=O) groups excluding carboxylic acids is 1. The molecule has 2 aromatic heterocycles. The van der Waals surface area contributed by atoms with Gasteiger partial charge in [0.2, 0.25) is 5.95 Å². The zero-order valence-electron chi connectivity index (χ0n) is 19.2. The fourth-order valence-electron chi connectivity index (χ4n) is 4.19. The number of amides is 1. The molecule has 4 aromatic rings. The van der Waals surface area contributed by atoms with Gasteiger partial charge in [0.25, 0.3) is 5.91 Å². The predicted molar refractivity (Wildman–Crippen MR) is 129 cm³/mol. The van der Waals surface area contributed by atoms with Gasteiger partial charge in [0.05, 0.1) is 6.04 Å². The smallest absolute Gasteiger partial charge is 0.252 e. The fraction of sp³-hybridized carbons (Fsp3) is 0.231. The van der Waals surface area contributed by atoms with Crippen LogP contribution in [0.4, 0.5) is 11.6 Å². The summed E-state index contributed by atoms with van der Waals surface area (Å²) in [6.07, 6.45) is 1.90. The van der Waals surface area contributed by atoms with Crippen molar-refractivity contribution < 1.29 is 4.79 Å². The molecule has 0 saturated heterocycles.